The van der Waals surface area contributed by atoms with Gasteiger partial charge in [-0.2, -0.15) is 0 Å². The van der Waals surface area contributed by atoms with Crippen LogP contribution in [0.15, 0.2) is 0 Å². The van der Waals surface area contributed by atoms with Crippen LogP contribution in [0.5, 0.6) is 0 Å². The Labute approximate surface area is 181 Å². The number of rotatable bonds is 6. The van der Waals surface area contributed by atoms with Crippen molar-refractivity contribution in [2.45, 2.75) is 89.1 Å². The molecule has 1 amide bonds. The smallest absolute Gasteiger partial charge is 0.225 e. The van der Waals surface area contributed by atoms with E-state index in [1.165, 1.54) is 19.3 Å². The van der Waals surface area contributed by atoms with Gasteiger partial charge >= 0.3 is 0 Å². The summed E-state index contributed by atoms with van der Waals surface area (Å²) in [6, 6.07) is 0.635. The Hall–Kier alpha value is -0.760. The number of hydrazine groups is 1. The van der Waals surface area contributed by atoms with Gasteiger partial charge in [-0.05, 0) is 57.4 Å². The van der Waals surface area contributed by atoms with Gasteiger partial charge in [0, 0.05) is 38.8 Å². The highest BCUT2D eigenvalue weighted by atomic mass is 19.1. The molecule has 5 unspecified atom stereocenters. The third-order valence-electron chi connectivity index (χ3n) is 7.75. The van der Waals surface area contributed by atoms with Gasteiger partial charge in [-0.1, -0.05) is 20.3 Å². The van der Waals surface area contributed by atoms with E-state index in [2.05, 4.69) is 34.5 Å². The van der Waals surface area contributed by atoms with Crippen LogP contribution in [0.25, 0.3) is 0 Å². The summed E-state index contributed by atoms with van der Waals surface area (Å²) in [5.41, 5.74) is 3.33. The van der Waals surface area contributed by atoms with Crippen molar-refractivity contribution in [3.8, 4) is 0 Å². The topological polar surface area (TPSA) is 56.8 Å². The fourth-order valence-electron chi connectivity index (χ4n) is 6.17. The van der Waals surface area contributed by atoms with E-state index in [0.717, 1.165) is 45.6 Å². The van der Waals surface area contributed by atoms with Crippen LogP contribution in [-0.2, 0) is 9.53 Å². The summed E-state index contributed by atoms with van der Waals surface area (Å²) in [4.78, 5) is 15.1. The number of carbonyl (C=O) groups is 1. The molecule has 0 radical (unpaired) electrons. The molecule has 1 saturated carbocycles. The molecule has 172 valence electrons. The van der Waals surface area contributed by atoms with Gasteiger partial charge < -0.3 is 15.0 Å². The van der Waals surface area contributed by atoms with E-state index in [1.54, 1.807) is 0 Å². The minimum atomic E-state index is -0.866. The fraction of sp³-hybridized carbons (Fsp3) is 0.957. The van der Waals surface area contributed by atoms with Gasteiger partial charge in [-0.25, -0.2) is 9.40 Å². The largest absolute Gasteiger partial charge is 0.368 e. The molecular formula is C23H41FN4O2. The molecule has 2 N–H and O–H groups in total. The van der Waals surface area contributed by atoms with Crippen molar-refractivity contribution >= 4 is 5.91 Å². The summed E-state index contributed by atoms with van der Waals surface area (Å²) >= 11 is 0. The van der Waals surface area contributed by atoms with Crippen LogP contribution in [0.2, 0.25) is 0 Å². The Balaban J connectivity index is 1.35. The molecule has 0 aromatic carbocycles. The zero-order chi connectivity index (χ0) is 21.1. The van der Waals surface area contributed by atoms with E-state index in [-0.39, 0.29) is 23.5 Å². The summed E-state index contributed by atoms with van der Waals surface area (Å²) in [5, 5.41) is 5.57. The first kappa shape index (κ1) is 22.4. The second-order valence-electron chi connectivity index (χ2n) is 10.1. The molecule has 3 saturated heterocycles. The molecule has 4 fully saturated rings. The first-order valence-corrected chi connectivity index (χ1v) is 12.3. The van der Waals surface area contributed by atoms with Crippen LogP contribution in [0.1, 0.15) is 65.2 Å². The van der Waals surface area contributed by atoms with Gasteiger partial charge in [0.1, 0.15) is 6.17 Å². The van der Waals surface area contributed by atoms with Crippen LogP contribution in [0.4, 0.5) is 4.39 Å². The van der Waals surface area contributed by atoms with Crippen LogP contribution in [0, 0.1) is 11.8 Å². The Morgan fingerprint density at radius 3 is 3.00 bits per heavy atom. The van der Waals surface area contributed by atoms with Gasteiger partial charge in [0.05, 0.1) is 17.6 Å². The number of alkyl halides is 1. The minimum absolute atomic E-state index is 0.00600. The number of amides is 1. The maximum Gasteiger partial charge on any atom is 0.225 e. The molecule has 6 nitrogen and oxygen atoms in total. The summed E-state index contributed by atoms with van der Waals surface area (Å²) in [6.07, 6.45) is 6.26. The standard InChI is InChI=1S/C23H41FN4O2/c1-3-6-19(4-2)28-14-17(12-26-28)13-27-10-5-9-23(16-27)15-25-22(29)20-11-18(24)7-8-21(20)30-23/h17-21,26H,3-16H2,1-2H3,(H,25,29)/t17?,18?,19?,20?,21?,23-/m0/s1. The molecule has 4 aliphatic rings. The molecule has 0 aromatic rings. The molecule has 3 heterocycles. The van der Waals surface area contributed by atoms with Crippen LogP contribution < -0.4 is 10.7 Å². The number of ether oxygens (including phenoxy) is 1. The number of nitrogens with zero attached hydrogens (tertiary/aromatic N) is 2. The van der Waals surface area contributed by atoms with Gasteiger partial charge in [0.2, 0.25) is 5.91 Å². The Morgan fingerprint density at radius 2 is 2.20 bits per heavy atom. The SMILES string of the molecule is CCCC(CC)N1CC(CN2CCC[C@]3(CNC(=O)C4CC(F)CCC4O3)C2)CN1. The Kier molecular flexibility index (Phi) is 7.33. The lowest BCUT2D eigenvalue weighted by Crippen LogP contribution is -2.56. The number of likely N-dealkylation sites (tertiary alicyclic amines) is 1. The van der Waals surface area contributed by atoms with Gasteiger partial charge in [0.15, 0.2) is 0 Å². The molecule has 7 heteroatoms. The average Bonchev–Trinajstić information content (AvgIpc) is 3.15. The van der Waals surface area contributed by atoms with Crippen LogP contribution >= 0.6 is 0 Å². The van der Waals surface area contributed by atoms with E-state index in [0.29, 0.717) is 37.8 Å². The van der Waals surface area contributed by atoms with Crippen molar-refractivity contribution < 1.29 is 13.9 Å². The van der Waals surface area contributed by atoms with Crippen molar-refractivity contribution in [1.82, 2.24) is 20.7 Å². The van der Waals surface area contributed by atoms with E-state index < -0.39 is 6.17 Å². The monoisotopic (exact) mass is 424 g/mol. The fourth-order valence-corrected chi connectivity index (χ4v) is 6.17. The molecule has 4 rings (SSSR count). The summed E-state index contributed by atoms with van der Waals surface area (Å²) in [5.74, 6) is 0.301. The molecule has 0 aromatic heterocycles. The first-order valence-electron chi connectivity index (χ1n) is 12.3. The zero-order valence-electron chi connectivity index (χ0n) is 18.9. The van der Waals surface area contributed by atoms with Gasteiger partial charge in [-0.15, -0.1) is 0 Å². The summed E-state index contributed by atoms with van der Waals surface area (Å²) < 4.78 is 20.5. The summed E-state index contributed by atoms with van der Waals surface area (Å²) in [7, 11) is 0. The maximum atomic E-state index is 13.9. The van der Waals surface area contributed by atoms with Crippen LogP contribution in [-0.4, -0.2) is 79.0 Å². The van der Waals surface area contributed by atoms with Crippen molar-refractivity contribution in [3.05, 3.63) is 0 Å². The maximum absolute atomic E-state index is 13.9. The molecular weight excluding hydrogens is 383 g/mol. The van der Waals surface area contributed by atoms with Gasteiger partial charge in [0.25, 0.3) is 0 Å². The van der Waals surface area contributed by atoms with Gasteiger partial charge in [-0.3, -0.25) is 10.2 Å². The highest BCUT2D eigenvalue weighted by Crippen LogP contribution is 2.37. The average molecular weight is 425 g/mol. The predicted octanol–water partition coefficient (Wildman–Crippen LogP) is 2.49. The zero-order valence-corrected chi connectivity index (χ0v) is 18.9. The first-order chi connectivity index (χ1) is 14.5. The number of piperidine rings is 1. The number of hydrogen-bond acceptors (Lipinski definition) is 5. The highest BCUT2D eigenvalue weighted by Gasteiger charge is 2.47. The number of carbonyl (C=O) groups excluding carboxylic acids is 1. The molecule has 1 spiro atoms. The molecule has 1 aliphatic carbocycles. The number of nitrogens with one attached hydrogen (secondary N) is 2. The van der Waals surface area contributed by atoms with E-state index in [4.69, 9.17) is 4.74 Å². The second-order valence-corrected chi connectivity index (χ2v) is 10.1. The van der Waals surface area contributed by atoms with Crippen molar-refractivity contribution in [2.75, 3.05) is 39.3 Å². The minimum Gasteiger partial charge on any atom is -0.368 e. The van der Waals surface area contributed by atoms with Crippen molar-refractivity contribution in [2.24, 2.45) is 11.8 Å². The van der Waals surface area contributed by atoms with Crippen LogP contribution in [0.3, 0.4) is 0 Å². The second kappa shape index (κ2) is 9.80. The molecule has 6 atom stereocenters. The lowest BCUT2D eigenvalue weighted by atomic mass is 9.84. The normalized spacial score (nSPS) is 39.5. The number of fused-ring (bicyclic) bond motifs is 1. The predicted molar refractivity (Wildman–Crippen MR) is 116 cm³/mol. The van der Waals surface area contributed by atoms with E-state index >= 15 is 0 Å². The van der Waals surface area contributed by atoms with E-state index in [9.17, 15) is 9.18 Å². The molecule has 30 heavy (non-hydrogen) atoms. The number of hydrogen-bond donors (Lipinski definition) is 2. The third-order valence-corrected chi connectivity index (χ3v) is 7.75. The highest BCUT2D eigenvalue weighted by molar-refractivity contribution is 5.79. The Morgan fingerprint density at radius 1 is 1.33 bits per heavy atom. The number of halogens is 1. The quantitative estimate of drug-likeness (QED) is 0.686. The third kappa shape index (κ3) is 5.00. The van der Waals surface area contributed by atoms with Crippen molar-refractivity contribution in [1.29, 1.82) is 0 Å². The molecule has 0 bridgehead atoms. The molecule has 3 aliphatic heterocycles. The summed E-state index contributed by atoms with van der Waals surface area (Å²) in [6.45, 7) is 10.3. The lowest BCUT2D eigenvalue weighted by molar-refractivity contribution is -0.149. The van der Waals surface area contributed by atoms with Crippen molar-refractivity contribution in [3.63, 3.8) is 0 Å². The Bertz CT molecular complexity index is 594. The van der Waals surface area contributed by atoms with E-state index in [1.807, 2.05) is 0 Å². The lowest BCUT2D eigenvalue weighted by Gasteiger charge is -2.45.